The quantitative estimate of drug-likeness (QED) is 0.519. The lowest BCUT2D eigenvalue weighted by Crippen LogP contribution is -2.41. The van der Waals surface area contributed by atoms with Gasteiger partial charge in [-0.25, -0.2) is 0 Å². The Morgan fingerprint density at radius 1 is 1.06 bits per heavy atom. The van der Waals surface area contributed by atoms with Gasteiger partial charge in [-0.05, 0) is 19.9 Å². The molecule has 3 nitrogen and oxygen atoms in total. The van der Waals surface area contributed by atoms with Gasteiger partial charge >= 0.3 is 0 Å². The van der Waals surface area contributed by atoms with Crippen LogP contribution in [0.2, 0.25) is 0 Å². The van der Waals surface area contributed by atoms with Gasteiger partial charge in [0.1, 0.15) is 0 Å². The second-order valence-corrected chi connectivity index (χ2v) is 5.10. The Morgan fingerprint density at radius 3 is 2.35 bits per heavy atom. The second-order valence-electron chi connectivity index (χ2n) is 5.10. The van der Waals surface area contributed by atoms with Crippen LogP contribution in [0.4, 0.5) is 0 Å². The van der Waals surface area contributed by atoms with Crippen LogP contribution in [0.5, 0.6) is 0 Å². The maximum absolute atomic E-state index is 9.93. The summed E-state index contributed by atoms with van der Waals surface area (Å²) in [5, 5.41) is 13.1. The molecule has 0 rings (SSSR count). The summed E-state index contributed by atoms with van der Waals surface area (Å²) in [7, 11) is 0. The molecule has 0 bridgehead atoms. The summed E-state index contributed by atoms with van der Waals surface area (Å²) in [6, 6.07) is 0. The zero-order valence-corrected chi connectivity index (χ0v) is 11.9. The van der Waals surface area contributed by atoms with E-state index in [-0.39, 0.29) is 0 Å². The molecule has 0 aliphatic carbocycles. The van der Waals surface area contributed by atoms with Gasteiger partial charge in [-0.2, -0.15) is 0 Å². The molecule has 104 valence electrons. The Kier molecular flexibility index (Phi) is 10.9. The van der Waals surface area contributed by atoms with Crippen molar-refractivity contribution in [3.63, 3.8) is 0 Å². The number of aliphatic hydroxyl groups is 1. The third kappa shape index (κ3) is 12.1. The van der Waals surface area contributed by atoms with Gasteiger partial charge in [0.05, 0.1) is 12.2 Å². The molecule has 0 aromatic rings. The second kappa shape index (κ2) is 11.0. The highest BCUT2D eigenvalue weighted by Crippen LogP contribution is 2.06. The summed E-state index contributed by atoms with van der Waals surface area (Å²) < 4.78 is 5.51. The van der Waals surface area contributed by atoms with Gasteiger partial charge in [-0.15, -0.1) is 0 Å². The number of unbranched alkanes of at least 4 members (excludes halogenated alkanes) is 5. The summed E-state index contributed by atoms with van der Waals surface area (Å²) in [5.41, 5.74) is -0.738. The van der Waals surface area contributed by atoms with Gasteiger partial charge in [0.25, 0.3) is 0 Å². The summed E-state index contributed by atoms with van der Waals surface area (Å²) in [6.07, 6.45) is 7.65. The fourth-order valence-electron chi connectivity index (χ4n) is 1.72. The first-order valence-corrected chi connectivity index (χ1v) is 7.13. The van der Waals surface area contributed by atoms with E-state index in [1.54, 1.807) is 0 Å². The molecule has 0 saturated carbocycles. The molecule has 1 atom stereocenters. The third-order valence-electron chi connectivity index (χ3n) is 2.81. The minimum Gasteiger partial charge on any atom is -0.386 e. The summed E-state index contributed by atoms with van der Waals surface area (Å²) in [6.45, 7) is 8.76. The molecule has 0 heterocycles. The first kappa shape index (κ1) is 16.9. The summed E-state index contributed by atoms with van der Waals surface area (Å²) >= 11 is 0. The Hall–Kier alpha value is -0.120. The van der Waals surface area contributed by atoms with Crippen molar-refractivity contribution in [2.24, 2.45) is 0 Å². The fraction of sp³-hybridized carbons (Fsp3) is 1.00. The number of rotatable bonds is 12. The first-order chi connectivity index (χ1) is 8.12. The molecule has 0 aromatic carbocycles. The molecule has 0 aliphatic heterocycles. The monoisotopic (exact) mass is 245 g/mol. The van der Waals surface area contributed by atoms with Crippen LogP contribution < -0.4 is 5.32 Å². The first-order valence-electron chi connectivity index (χ1n) is 7.13. The van der Waals surface area contributed by atoms with Crippen LogP contribution >= 0.6 is 0 Å². The van der Waals surface area contributed by atoms with Crippen molar-refractivity contribution in [2.45, 2.75) is 64.9 Å². The Bertz CT molecular complexity index is 160. The Balaban J connectivity index is 3.26. The SMILES string of the molecule is CCCCCCCCOCC(C)(O)CNCC. The molecule has 0 spiro atoms. The van der Waals surface area contributed by atoms with Gasteiger partial charge < -0.3 is 15.2 Å². The van der Waals surface area contributed by atoms with E-state index in [9.17, 15) is 5.11 Å². The lowest BCUT2D eigenvalue weighted by molar-refractivity contribution is -0.0327. The Labute approximate surface area is 107 Å². The van der Waals surface area contributed by atoms with E-state index >= 15 is 0 Å². The van der Waals surface area contributed by atoms with Gasteiger partial charge in [0.2, 0.25) is 0 Å². The van der Waals surface area contributed by atoms with E-state index in [1.807, 2.05) is 13.8 Å². The van der Waals surface area contributed by atoms with Crippen molar-refractivity contribution in [3.8, 4) is 0 Å². The van der Waals surface area contributed by atoms with E-state index in [4.69, 9.17) is 4.74 Å². The predicted octanol–water partition coefficient (Wildman–Crippen LogP) is 2.72. The van der Waals surface area contributed by atoms with Crippen molar-refractivity contribution in [3.05, 3.63) is 0 Å². The van der Waals surface area contributed by atoms with Crippen molar-refractivity contribution < 1.29 is 9.84 Å². The topological polar surface area (TPSA) is 41.5 Å². The van der Waals surface area contributed by atoms with Crippen molar-refractivity contribution >= 4 is 0 Å². The van der Waals surface area contributed by atoms with E-state index in [0.717, 1.165) is 19.6 Å². The molecule has 0 amide bonds. The van der Waals surface area contributed by atoms with Crippen LogP contribution in [0.15, 0.2) is 0 Å². The highest BCUT2D eigenvalue weighted by atomic mass is 16.5. The van der Waals surface area contributed by atoms with Crippen LogP contribution in [0.1, 0.15) is 59.3 Å². The molecule has 1 unspecified atom stereocenters. The standard InChI is InChI=1S/C14H31NO2/c1-4-6-7-8-9-10-11-17-13-14(3,16)12-15-5-2/h15-16H,4-13H2,1-3H3. The summed E-state index contributed by atoms with van der Waals surface area (Å²) in [5.74, 6) is 0. The molecular formula is C14H31NO2. The maximum atomic E-state index is 9.93. The number of likely N-dealkylation sites (N-methyl/N-ethyl adjacent to an activating group) is 1. The molecule has 0 saturated heterocycles. The third-order valence-corrected chi connectivity index (χ3v) is 2.81. The van der Waals surface area contributed by atoms with Crippen LogP contribution in [0.3, 0.4) is 0 Å². The van der Waals surface area contributed by atoms with Crippen LogP contribution in [-0.4, -0.2) is 37.0 Å². The minimum absolute atomic E-state index is 0.426. The van der Waals surface area contributed by atoms with Gasteiger partial charge in [0.15, 0.2) is 0 Å². The zero-order valence-electron chi connectivity index (χ0n) is 11.9. The number of hydrogen-bond donors (Lipinski definition) is 2. The predicted molar refractivity (Wildman–Crippen MR) is 73.4 cm³/mol. The lowest BCUT2D eigenvalue weighted by atomic mass is 10.1. The lowest BCUT2D eigenvalue weighted by Gasteiger charge is -2.23. The fourth-order valence-corrected chi connectivity index (χ4v) is 1.72. The van der Waals surface area contributed by atoms with Crippen molar-refractivity contribution in [1.82, 2.24) is 5.32 Å². The van der Waals surface area contributed by atoms with Gasteiger partial charge in [-0.1, -0.05) is 46.0 Å². The molecule has 3 heteroatoms. The maximum Gasteiger partial charge on any atom is 0.0975 e. The molecule has 2 N–H and O–H groups in total. The normalized spacial score (nSPS) is 14.8. The Morgan fingerprint density at radius 2 is 1.71 bits per heavy atom. The zero-order chi connectivity index (χ0) is 13.0. The highest BCUT2D eigenvalue weighted by molar-refractivity contribution is 4.74. The number of ether oxygens (including phenoxy) is 1. The largest absolute Gasteiger partial charge is 0.386 e. The minimum atomic E-state index is -0.738. The van der Waals surface area contributed by atoms with Crippen LogP contribution in [0, 0.1) is 0 Å². The average Bonchev–Trinajstić information content (AvgIpc) is 2.30. The van der Waals surface area contributed by atoms with E-state index in [1.165, 1.54) is 32.1 Å². The van der Waals surface area contributed by atoms with Gasteiger partial charge in [-0.3, -0.25) is 0 Å². The van der Waals surface area contributed by atoms with E-state index in [2.05, 4.69) is 12.2 Å². The average molecular weight is 245 g/mol. The van der Waals surface area contributed by atoms with E-state index in [0.29, 0.717) is 13.2 Å². The highest BCUT2D eigenvalue weighted by Gasteiger charge is 2.19. The molecule has 0 aliphatic rings. The van der Waals surface area contributed by atoms with Crippen molar-refractivity contribution in [1.29, 1.82) is 0 Å². The van der Waals surface area contributed by atoms with Gasteiger partial charge in [0, 0.05) is 13.2 Å². The van der Waals surface area contributed by atoms with E-state index < -0.39 is 5.60 Å². The number of hydrogen-bond acceptors (Lipinski definition) is 3. The molecule has 17 heavy (non-hydrogen) atoms. The number of nitrogens with one attached hydrogen (secondary N) is 1. The molecular weight excluding hydrogens is 214 g/mol. The molecule has 0 radical (unpaired) electrons. The van der Waals surface area contributed by atoms with Crippen LogP contribution in [0.25, 0.3) is 0 Å². The van der Waals surface area contributed by atoms with Crippen LogP contribution in [-0.2, 0) is 4.74 Å². The van der Waals surface area contributed by atoms with Crippen molar-refractivity contribution in [2.75, 3.05) is 26.3 Å². The summed E-state index contributed by atoms with van der Waals surface area (Å²) in [4.78, 5) is 0. The smallest absolute Gasteiger partial charge is 0.0975 e. The molecule has 0 fully saturated rings. The molecule has 0 aromatic heterocycles.